The van der Waals surface area contributed by atoms with Crippen molar-refractivity contribution in [2.75, 3.05) is 0 Å². The number of carbonyl (C=O) groups excluding carboxylic acids is 6. The number of esters is 2. The minimum atomic E-state index is -1.26. The van der Waals surface area contributed by atoms with Crippen LogP contribution < -0.4 is 22.1 Å². The van der Waals surface area contributed by atoms with E-state index < -0.39 is 35.8 Å². The van der Waals surface area contributed by atoms with E-state index in [1.54, 1.807) is 0 Å². The van der Waals surface area contributed by atoms with Crippen molar-refractivity contribution in [1.82, 2.24) is 10.6 Å². The maximum absolute atomic E-state index is 13.0. The first kappa shape index (κ1) is 46.0. The van der Waals surface area contributed by atoms with Crippen molar-refractivity contribution in [3.05, 3.63) is 0 Å². The van der Waals surface area contributed by atoms with Gasteiger partial charge in [0, 0.05) is 25.7 Å². The summed E-state index contributed by atoms with van der Waals surface area (Å²) in [5, 5.41) is 5.14. The summed E-state index contributed by atoms with van der Waals surface area (Å²) >= 11 is 0. The molecule has 0 bridgehead atoms. The predicted octanol–water partition coefficient (Wildman–Crippen LogP) is 6.96. The van der Waals surface area contributed by atoms with Gasteiger partial charge in [-0.2, -0.15) is 0 Å². The molecule has 0 heterocycles. The lowest BCUT2D eigenvalue weighted by molar-refractivity contribution is -0.164. The molecule has 0 aromatic carbocycles. The van der Waals surface area contributed by atoms with Crippen LogP contribution in [-0.2, 0) is 33.5 Å². The SMILES string of the molecule is CCCCCCCCCCCCCC(=O)N[C@@H](CCC(N)=O)C(=O)OC(=O)[C@H](CCC(N)=O)NC(=O)CCCCCCCCCCCCC. The molecule has 0 unspecified atom stereocenters. The van der Waals surface area contributed by atoms with Crippen LogP contribution in [0.2, 0.25) is 0 Å². The Kier molecular flexibility index (Phi) is 30.3. The Morgan fingerprint density at radius 1 is 0.429 bits per heavy atom. The molecule has 0 saturated carbocycles. The monoisotopic (exact) mass is 695 g/mol. The first-order chi connectivity index (χ1) is 23.6. The predicted molar refractivity (Wildman–Crippen MR) is 194 cm³/mol. The second-order valence-electron chi connectivity index (χ2n) is 13.6. The van der Waals surface area contributed by atoms with Crippen LogP contribution in [0.4, 0.5) is 0 Å². The molecule has 0 radical (unpaired) electrons. The van der Waals surface area contributed by atoms with Crippen LogP contribution >= 0.6 is 0 Å². The Labute approximate surface area is 296 Å². The highest BCUT2D eigenvalue weighted by Gasteiger charge is 2.30. The molecule has 4 amide bonds. The maximum Gasteiger partial charge on any atom is 0.336 e. The fraction of sp³-hybridized carbons (Fsp3) is 0.842. The molecule has 0 aromatic heterocycles. The number of rotatable bonds is 34. The van der Waals surface area contributed by atoms with Gasteiger partial charge in [-0.25, -0.2) is 9.59 Å². The Morgan fingerprint density at radius 3 is 0.959 bits per heavy atom. The average molecular weight is 695 g/mol. The second kappa shape index (κ2) is 32.2. The van der Waals surface area contributed by atoms with Gasteiger partial charge >= 0.3 is 11.9 Å². The highest BCUT2D eigenvalue weighted by Crippen LogP contribution is 2.14. The van der Waals surface area contributed by atoms with Gasteiger partial charge in [-0.3, -0.25) is 19.2 Å². The van der Waals surface area contributed by atoms with Gasteiger partial charge in [-0.05, 0) is 25.7 Å². The molecule has 49 heavy (non-hydrogen) atoms. The molecule has 0 aromatic rings. The van der Waals surface area contributed by atoms with Crippen LogP contribution in [0.5, 0.6) is 0 Å². The molecule has 2 atom stereocenters. The third-order valence-corrected chi connectivity index (χ3v) is 8.81. The standard InChI is InChI=1S/C38H70N4O7/c1-3-5-7-9-11-13-15-17-19-21-23-25-35(45)41-31(27-29-33(39)43)37(47)49-38(48)32(28-30-34(40)44)42-36(46)26-24-22-20-18-16-14-12-10-8-6-4-2/h31-32H,3-30H2,1-2H3,(H2,39,43)(H2,40,44)(H,41,45)(H,42,46)/t31-,32-/m0/s1. The van der Waals surface area contributed by atoms with Gasteiger partial charge in [0.2, 0.25) is 23.6 Å². The average Bonchev–Trinajstić information content (AvgIpc) is 3.05. The molecule has 0 aliphatic heterocycles. The molecule has 0 fully saturated rings. The van der Waals surface area contributed by atoms with E-state index in [4.69, 9.17) is 16.2 Å². The van der Waals surface area contributed by atoms with Crippen LogP contribution in [0.25, 0.3) is 0 Å². The van der Waals surface area contributed by atoms with Gasteiger partial charge in [0.25, 0.3) is 0 Å². The van der Waals surface area contributed by atoms with E-state index in [9.17, 15) is 28.8 Å². The number of nitrogens with one attached hydrogen (secondary N) is 2. The molecule has 0 aliphatic rings. The first-order valence-corrected chi connectivity index (χ1v) is 19.5. The van der Waals surface area contributed by atoms with E-state index in [1.807, 2.05) is 0 Å². The number of amides is 4. The molecule has 0 spiro atoms. The van der Waals surface area contributed by atoms with Crippen molar-refractivity contribution in [1.29, 1.82) is 0 Å². The van der Waals surface area contributed by atoms with Crippen molar-refractivity contribution >= 4 is 35.6 Å². The maximum atomic E-state index is 13.0. The van der Waals surface area contributed by atoms with Crippen LogP contribution in [0.1, 0.15) is 194 Å². The topological polar surface area (TPSA) is 188 Å². The summed E-state index contributed by atoms with van der Waals surface area (Å²) in [6.45, 7) is 4.42. The van der Waals surface area contributed by atoms with E-state index in [0.29, 0.717) is 12.8 Å². The summed E-state index contributed by atoms with van der Waals surface area (Å²) in [5.41, 5.74) is 10.5. The summed E-state index contributed by atoms with van der Waals surface area (Å²) < 4.78 is 5.05. The molecular weight excluding hydrogens is 624 g/mol. The van der Waals surface area contributed by atoms with Gasteiger partial charge in [-0.1, -0.05) is 142 Å². The van der Waals surface area contributed by atoms with Crippen LogP contribution in [0.3, 0.4) is 0 Å². The Bertz CT molecular complexity index is 856. The van der Waals surface area contributed by atoms with Crippen LogP contribution in [0, 0.1) is 0 Å². The highest BCUT2D eigenvalue weighted by molar-refractivity contribution is 5.95. The quantitative estimate of drug-likeness (QED) is 0.0318. The smallest absolute Gasteiger partial charge is 0.336 e. The molecule has 6 N–H and O–H groups in total. The van der Waals surface area contributed by atoms with Gasteiger partial charge in [0.05, 0.1) is 0 Å². The van der Waals surface area contributed by atoms with Gasteiger partial charge in [-0.15, -0.1) is 0 Å². The largest absolute Gasteiger partial charge is 0.390 e. The Morgan fingerprint density at radius 2 is 0.694 bits per heavy atom. The summed E-state index contributed by atoms with van der Waals surface area (Å²) in [6, 6.07) is -2.53. The number of primary amides is 2. The van der Waals surface area contributed by atoms with Crippen molar-refractivity contribution < 1.29 is 33.5 Å². The van der Waals surface area contributed by atoms with E-state index in [1.165, 1.54) is 89.9 Å². The highest BCUT2D eigenvalue weighted by atomic mass is 16.6. The summed E-state index contributed by atoms with van der Waals surface area (Å²) in [4.78, 5) is 74.0. The number of nitrogens with two attached hydrogens (primary N) is 2. The fourth-order valence-electron chi connectivity index (χ4n) is 5.75. The minimum Gasteiger partial charge on any atom is -0.390 e. The molecular formula is C38H70N4O7. The third kappa shape index (κ3) is 29.6. The number of hydrogen-bond acceptors (Lipinski definition) is 7. The lowest BCUT2D eigenvalue weighted by Crippen LogP contribution is -2.47. The van der Waals surface area contributed by atoms with E-state index in [2.05, 4.69) is 24.5 Å². The van der Waals surface area contributed by atoms with Crippen molar-refractivity contribution in [3.63, 3.8) is 0 Å². The number of ether oxygens (including phenoxy) is 1. The van der Waals surface area contributed by atoms with Crippen LogP contribution in [-0.4, -0.2) is 47.7 Å². The van der Waals surface area contributed by atoms with E-state index in [-0.39, 0.29) is 50.3 Å². The van der Waals surface area contributed by atoms with Crippen molar-refractivity contribution in [2.24, 2.45) is 11.5 Å². The molecule has 11 heteroatoms. The first-order valence-electron chi connectivity index (χ1n) is 19.5. The van der Waals surface area contributed by atoms with Crippen molar-refractivity contribution in [3.8, 4) is 0 Å². The van der Waals surface area contributed by atoms with E-state index in [0.717, 1.165) is 38.5 Å². The Hall–Kier alpha value is -2.98. The van der Waals surface area contributed by atoms with Gasteiger partial charge in [0.15, 0.2) is 0 Å². The molecule has 284 valence electrons. The number of carbonyl (C=O) groups is 6. The summed E-state index contributed by atoms with van der Waals surface area (Å²) in [5.74, 6) is -4.22. The molecule has 0 saturated heterocycles. The third-order valence-electron chi connectivity index (χ3n) is 8.81. The Balaban J connectivity index is 4.71. The molecule has 11 nitrogen and oxygen atoms in total. The van der Waals surface area contributed by atoms with Crippen molar-refractivity contribution in [2.45, 2.75) is 206 Å². The molecule has 0 aliphatic carbocycles. The van der Waals surface area contributed by atoms with Gasteiger partial charge < -0.3 is 26.8 Å². The second-order valence-corrected chi connectivity index (χ2v) is 13.6. The minimum absolute atomic E-state index is 0.136. The zero-order valence-corrected chi connectivity index (χ0v) is 31.0. The normalized spacial score (nSPS) is 12.2. The molecule has 0 rings (SSSR count). The number of unbranched alkanes of at least 4 members (excludes halogenated alkanes) is 20. The zero-order valence-electron chi connectivity index (χ0n) is 31.0. The zero-order chi connectivity index (χ0) is 36.5. The summed E-state index contributed by atoms with van der Waals surface area (Å²) in [6.07, 6.45) is 24.8. The van der Waals surface area contributed by atoms with Crippen LogP contribution in [0.15, 0.2) is 0 Å². The lowest BCUT2D eigenvalue weighted by atomic mass is 10.0. The van der Waals surface area contributed by atoms with Gasteiger partial charge in [0.1, 0.15) is 12.1 Å². The lowest BCUT2D eigenvalue weighted by Gasteiger charge is -2.20. The fourth-order valence-corrected chi connectivity index (χ4v) is 5.75. The number of hydrogen-bond donors (Lipinski definition) is 4. The summed E-state index contributed by atoms with van der Waals surface area (Å²) in [7, 11) is 0. The van der Waals surface area contributed by atoms with E-state index >= 15 is 0 Å².